The number of hydrogen-bond acceptors (Lipinski definition) is 6. The minimum Gasteiger partial charge on any atom is -0.479 e. The summed E-state index contributed by atoms with van der Waals surface area (Å²) < 4.78 is 16.7. The number of aliphatic carboxylic acids is 1. The Morgan fingerprint density at radius 2 is 1.56 bits per heavy atom. The average molecular weight is 537 g/mol. The molecule has 3 aliphatic rings. The number of hydrogen-bond donors (Lipinski definition) is 1. The van der Waals surface area contributed by atoms with Crippen molar-refractivity contribution in [3.63, 3.8) is 0 Å². The van der Waals surface area contributed by atoms with E-state index in [1.807, 2.05) is 36.4 Å². The Bertz CT molecular complexity index is 1230. The van der Waals surface area contributed by atoms with Gasteiger partial charge in [-0.25, -0.2) is 14.4 Å². The largest absolute Gasteiger partial charge is 0.479 e. The van der Waals surface area contributed by atoms with E-state index >= 15 is 0 Å². The van der Waals surface area contributed by atoms with Gasteiger partial charge in [0, 0.05) is 25.0 Å². The van der Waals surface area contributed by atoms with Gasteiger partial charge >= 0.3 is 18.2 Å². The summed E-state index contributed by atoms with van der Waals surface area (Å²) in [4.78, 5) is 41.7. The van der Waals surface area contributed by atoms with Crippen molar-refractivity contribution < 1.29 is 33.7 Å². The molecule has 5 rings (SSSR count). The van der Waals surface area contributed by atoms with E-state index in [-0.39, 0.29) is 37.6 Å². The summed E-state index contributed by atoms with van der Waals surface area (Å²) in [6.45, 7) is 5.55. The molecule has 0 aromatic heterocycles. The Morgan fingerprint density at radius 1 is 1.00 bits per heavy atom. The molecule has 39 heavy (non-hydrogen) atoms. The first kappa shape index (κ1) is 27.0. The minimum absolute atomic E-state index is 0.0755. The number of nitrogens with zero attached hydrogens (tertiary/aromatic N) is 2. The van der Waals surface area contributed by atoms with E-state index < -0.39 is 29.3 Å². The first-order chi connectivity index (χ1) is 18.5. The van der Waals surface area contributed by atoms with Gasteiger partial charge in [0.25, 0.3) is 0 Å². The summed E-state index contributed by atoms with van der Waals surface area (Å²) in [5.74, 6) is -1.33. The van der Waals surface area contributed by atoms with Crippen LogP contribution in [-0.4, -0.2) is 84.2 Å². The Kier molecular flexibility index (Phi) is 6.83. The molecule has 2 fully saturated rings. The molecule has 0 bridgehead atoms. The maximum atomic E-state index is 13.7. The standard InChI is InChI=1S/C30H36N2O7/c1-28(2,3)39-26(35)31-17-30(18-31,25(33)34)32(16-29(13-14-29)19-37-4)27(36)38-15-24-22-11-7-5-9-20(22)21-10-6-8-12-23(21)24/h5-12,24H,13-19H2,1-4H3,(H,33,34). The molecule has 0 spiro atoms. The highest BCUT2D eigenvalue weighted by atomic mass is 16.6. The predicted molar refractivity (Wildman–Crippen MR) is 143 cm³/mol. The third-order valence-corrected chi connectivity index (χ3v) is 7.93. The fourth-order valence-electron chi connectivity index (χ4n) is 5.69. The van der Waals surface area contributed by atoms with Gasteiger partial charge in [-0.3, -0.25) is 4.90 Å². The molecule has 0 atom stereocenters. The number of ether oxygens (including phenoxy) is 3. The Morgan fingerprint density at radius 3 is 2.05 bits per heavy atom. The van der Waals surface area contributed by atoms with Gasteiger partial charge in [0.15, 0.2) is 5.54 Å². The maximum Gasteiger partial charge on any atom is 0.410 e. The SMILES string of the molecule is COCC1(CN(C(=O)OCC2c3ccccc3-c3ccccc32)C2(C(=O)O)CN(C(=O)OC(C)(C)C)C2)CC1. The highest BCUT2D eigenvalue weighted by Gasteiger charge is 2.61. The van der Waals surface area contributed by atoms with Gasteiger partial charge in [-0.1, -0.05) is 48.5 Å². The summed E-state index contributed by atoms with van der Waals surface area (Å²) in [6.07, 6.45) is 0.328. The van der Waals surface area contributed by atoms with Crippen LogP contribution in [0.3, 0.4) is 0 Å². The zero-order chi connectivity index (χ0) is 28.0. The molecule has 9 heteroatoms. The van der Waals surface area contributed by atoms with Crippen LogP contribution in [0.1, 0.15) is 50.7 Å². The molecule has 2 amide bonds. The lowest BCUT2D eigenvalue weighted by Gasteiger charge is -2.52. The number of carbonyl (C=O) groups is 3. The third-order valence-electron chi connectivity index (χ3n) is 7.93. The highest BCUT2D eigenvalue weighted by Crippen LogP contribution is 2.49. The smallest absolute Gasteiger partial charge is 0.410 e. The molecular weight excluding hydrogens is 500 g/mol. The van der Waals surface area contributed by atoms with Crippen LogP contribution in [0, 0.1) is 5.41 Å². The van der Waals surface area contributed by atoms with Gasteiger partial charge in [0.2, 0.25) is 0 Å². The van der Waals surface area contributed by atoms with E-state index in [0.717, 1.165) is 35.1 Å². The van der Waals surface area contributed by atoms with Crippen LogP contribution in [0.4, 0.5) is 9.59 Å². The molecule has 9 nitrogen and oxygen atoms in total. The number of carboxylic acid groups (broad SMARTS) is 1. The van der Waals surface area contributed by atoms with Crippen molar-refractivity contribution >= 4 is 18.2 Å². The van der Waals surface area contributed by atoms with Crippen molar-refractivity contribution in [1.29, 1.82) is 0 Å². The molecule has 0 unspecified atom stereocenters. The van der Waals surface area contributed by atoms with E-state index in [2.05, 4.69) is 12.1 Å². The first-order valence-corrected chi connectivity index (χ1v) is 13.3. The van der Waals surface area contributed by atoms with E-state index in [9.17, 15) is 19.5 Å². The predicted octanol–water partition coefficient (Wildman–Crippen LogP) is 4.74. The second-order valence-corrected chi connectivity index (χ2v) is 12.0. The van der Waals surface area contributed by atoms with Gasteiger partial charge in [0.05, 0.1) is 19.7 Å². The van der Waals surface area contributed by atoms with Gasteiger partial charge in [-0.15, -0.1) is 0 Å². The number of likely N-dealkylation sites (tertiary alicyclic amines) is 1. The van der Waals surface area contributed by atoms with Crippen molar-refractivity contribution in [3.05, 3.63) is 59.7 Å². The van der Waals surface area contributed by atoms with Crippen LogP contribution in [0.25, 0.3) is 11.1 Å². The van der Waals surface area contributed by atoms with E-state index in [4.69, 9.17) is 14.2 Å². The van der Waals surface area contributed by atoms with Crippen molar-refractivity contribution in [2.24, 2.45) is 5.41 Å². The number of amides is 2. The normalized spacial score (nSPS) is 18.4. The van der Waals surface area contributed by atoms with Crippen LogP contribution >= 0.6 is 0 Å². The Balaban J connectivity index is 1.38. The van der Waals surface area contributed by atoms with Crippen LogP contribution in [0.5, 0.6) is 0 Å². The molecule has 2 aromatic carbocycles. The summed E-state index contributed by atoms with van der Waals surface area (Å²) >= 11 is 0. The van der Waals surface area contributed by atoms with Crippen LogP contribution < -0.4 is 0 Å². The van der Waals surface area contributed by atoms with Gasteiger partial charge in [-0.2, -0.15) is 0 Å². The number of fused-ring (bicyclic) bond motifs is 3. The molecule has 2 aromatic rings. The molecule has 2 aliphatic carbocycles. The summed E-state index contributed by atoms with van der Waals surface area (Å²) in [5, 5.41) is 10.4. The fourth-order valence-corrected chi connectivity index (χ4v) is 5.69. The molecule has 1 heterocycles. The zero-order valence-electron chi connectivity index (χ0n) is 22.9. The van der Waals surface area contributed by atoms with Gasteiger partial charge < -0.3 is 24.2 Å². The van der Waals surface area contributed by atoms with Gasteiger partial charge in [0.1, 0.15) is 12.2 Å². The lowest BCUT2D eigenvalue weighted by molar-refractivity contribution is -0.163. The quantitative estimate of drug-likeness (QED) is 0.520. The lowest BCUT2D eigenvalue weighted by atomic mass is 9.87. The second-order valence-electron chi connectivity index (χ2n) is 12.0. The van der Waals surface area contributed by atoms with E-state index in [1.165, 1.54) is 9.80 Å². The van der Waals surface area contributed by atoms with Crippen molar-refractivity contribution in [3.8, 4) is 11.1 Å². The molecule has 208 valence electrons. The van der Waals surface area contributed by atoms with Crippen molar-refractivity contribution in [1.82, 2.24) is 9.80 Å². The highest BCUT2D eigenvalue weighted by molar-refractivity contribution is 5.89. The van der Waals surface area contributed by atoms with E-state index in [1.54, 1.807) is 27.9 Å². The maximum absolute atomic E-state index is 13.7. The number of carboxylic acids is 1. The lowest BCUT2D eigenvalue weighted by Crippen LogP contribution is -2.76. The number of carbonyl (C=O) groups excluding carboxylic acids is 2. The van der Waals surface area contributed by atoms with Crippen LogP contribution in [0.15, 0.2) is 48.5 Å². The molecule has 1 saturated heterocycles. The molecule has 1 N–H and O–H groups in total. The van der Waals surface area contributed by atoms with Crippen molar-refractivity contribution in [2.45, 2.75) is 50.7 Å². The topological polar surface area (TPSA) is 106 Å². The van der Waals surface area contributed by atoms with Gasteiger partial charge in [-0.05, 0) is 55.9 Å². The van der Waals surface area contributed by atoms with E-state index in [0.29, 0.717) is 6.61 Å². The average Bonchev–Trinajstić information content (AvgIpc) is 3.53. The summed E-state index contributed by atoms with van der Waals surface area (Å²) in [5.41, 5.74) is 1.71. The molecule has 0 radical (unpaired) electrons. The minimum atomic E-state index is -1.61. The Labute approximate surface area is 228 Å². The first-order valence-electron chi connectivity index (χ1n) is 13.3. The fraction of sp³-hybridized carbons (Fsp3) is 0.500. The molecule has 1 saturated carbocycles. The van der Waals surface area contributed by atoms with Crippen LogP contribution in [-0.2, 0) is 19.0 Å². The Hall–Kier alpha value is -3.59. The third kappa shape index (κ3) is 5.07. The molecular formula is C30H36N2O7. The molecule has 1 aliphatic heterocycles. The second kappa shape index (κ2) is 9.86. The van der Waals surface area contributed by atoms with Crippen LogP contribution in [0.2, 0.25) is 0 Å². The monoisotopic (exact) mass is 536 g/mol. The summed E-state index contributed by atoms with van der Waals surface area (Å²) in [7, 11) is 1.60. The number of rotatable bonds is 8. The zero-order valence-corrected chi connectivity index (χ0v) is 22.9. The number of benzene rings is 2. The summed E-state index contributed by atoms with van der Waals surface area (Å²) in [6, 6.07) is 16.1. The van der Waals surface area contributed by atoms with Crippen molar-refractivity contribution in [2.75, 3.05) is 40.0 Å². The number of methoxy groups -OCH3 is 1.